The number of carbonyl (C=O) groups is 2. The Morgan fingerprint density at radius 1 is 1.22 bits per heavy atom. The molecule has 0 unspecified atom stereocenters. The van der Waals surface area contributed by atoms with E-state index in [4.69, 9.17) is 0 Å². The second kappa shape index (κ2) is 8.74. The van der Waals surface area contributed by atoms with Gasteiger partial charge in [-0.3, -0.25) is 9.59 Å². The Balaban J connectivity index is 1.79. The molecule has 1 heterocycles. The molecule has 0 aliphatic carbocycles. The van der Waals surface area contributed by atoms with E-state index in [0.717, 1.165) is 11.3 Å². The maximum Gasteiger partial charge on any atom is 0.251 e. The number of hydrogen-bond acceptors (Lipinski definition) is 4. The Morgan fingerprint density at radius 3 is 2.57 bits per heavy atom. The highest BCUT2D eigenvalue weighted by atomic mass is 32.2. The molecule has 0 saturated carbocycles. The molecule has 0 atom stereocenters. The van der Waals surface area contributed by atoms with Crippen molar-refractivity contribution in [3.05, 3.63) is 57.8 Å². The molecule has 6 heteroatoms. The van der Waals surface area contributed by atoms with Gasteiger partial charge in [-0.1, -0.05) is 18.2 Å². The van der Waals surface area contributed by atoms with Gasteiger partial charge in [-0.25, -0.2) is 0 Å². The molecule has 1 aromatic heterocycles. The summed E-state index contributed by atoms with van der Waals surface area (Å²) in [7, 11) is 3.41. The summed E-state index contributed by atoms with van der Waals surface area (Å²) in [4.78, 5) is 26.6. The number of thioether (sulfide) groups is 1. The molecule has 2 rings (SSSR count). The zero-order chi connectivity index (χ0) is 16.7. The lowest BCUT2D eigenvalue weighted by molar-refractivity contribution is -0.127. The quantitative estimate of drug-likeness (QED) is 0.837. The van der Waals surface area contributed by atoms with Crippen molar-refractivity contribution in [3.8, 4) is 0 Å². The van der Waals surface area contributed by atoms with Crippen LogP contribution in [0.3, 0.4) is 0 Å². The van der Waals surface area contributed by atoms with Gasteiger partial charge in [-0.05, 0) is 29.1 Å². The topological polar surface area (TPSA) is 49.4 Å². The highest BCUT2D eigenvalue weighted by Gasteiger charge is 2.10. The minimum atomic E-state index is -0.106. The number of nitrogens with one attached hydrogen (secondary N) is 1. The van der Waals surface area contributed by atoms with Crippen LogP contribution in [0.15, 0.2) is 41.8 Å². The zero-order valence-electron chi connectivity index (χ0n) is 13.2. The number of nitrogens with zero attached hydrogens (tertiary/aromatic N) is 1. The van der Waals surface area contributed by atoms with E-state index in [9.17, 15) is 9.59 Å². The third kappa shape index (κ3) is 5.41. The Bertz CT molecular complexity index is 639. The maximum absolute atomic E-state index is 12.1. The number of benzene rings is 1. The molecule has 0 aliphatic rings. The van der Waals surface area contributed by atoms with E-state index in [1.54, 1.807) is 54.2 Å². The van der Waals surface area contributed by atoms with E-state index in [1.807, 2.05) is 23.6 Å². The number of carbonyl (C=O) groups excluding carboxylic acids is 2. The van der Waals surface area contributed by atoms with Crippen LogP contribution in [0.4, 0.5) is 0 Å². The summed E-state index contributed by atoms with van der Waals surface area (Å²) in [6, 6.07) is 11.4. The summed E-state index contributed by atoms with van der Waals surface area (Å²) in [5.74, 6) is 1.36. The van der Waals surface area contributed by atoms with Gasteiger partial charge in [0.25, 0.3) is 5.91 Å². The standard InChI is InChI=1S/C17H20N2O2S2/c1-18-17(21)14-7-5-13(6-8-14)10-19(2)16(20)12-22-11-15-4-3-9-23-15/h3-9H,10-12H2,1-2H3,(H,18,21). The average molecular weight is 348 g/mol. The van der Waals surface area contributed by atoms with E-state index in [1.165, 1.54) is 4.88 Å². The molecule has 4 nitrogen and oxygen atoms in total. The predicted molar refractivity (Wildman–Crippen MR) is 96.8 cm³/mol. The lowest BCUT2D eigenvalue weighted by Gasteiger charge is -2.17. The average Bonchev–Trinajstić information content (AvgIpc) is 3.08. The first kappa shape index (κ1) is 17.6. The molecule has 1 aromatic carbocycles. The molecular formula is C17H20N2O2S2. The van der Waals surface area contributed by atoms with Crippen LogP contribution in [-0.2, 0) is 17.1 Å². The van der Waals surface area contributed by atoms with Gasteiger partial charge < -0.3 is 10.2 Å². The highest BCUT2D eigenvalue weighted by molar-refractivity contribution is 7.99. The molecule has 0 saturated heterocycles. The zero-order valence-corrected chi connectivity index (χ0v) is 14.9. The van der Waals surface area contributed by atoms with Crippen molar-refractivity contribution in [1.82, 2.24) is 10.2 Å². The number of thiophene rings is 1. The van der Waals surface area contributed by atoms with Crippen molar-refractivity contribution < 1.29 is 9.59 Å². The molecule has 0 aliphatic heterocycles. The fourth-order valence-electron chi connectivity index (χ4n) is 2.01. The molecule has 23 heavy (non-hydrogen) atoms. The van der Waals surface area contributed by atoms with Crippen LogP contribution in [0.25, 0.3) is 0 Å². The van der Waals surface area contributed by atoms with E-state index in [-0.39, 0.29) is 11.8 Å². The van der Waals surface area contributed by atoms with Crippen molar-refractivity contribution in [2.45, 2.75) is 12.3 Å². The van der Waals surface area contributed by atoms with Crippen molar-refractivity contribution in [2.24, 2.45) is 0 Å². The Kier molecular flexibility index (Phi) is 6.67. The Morgan fingerprint density at radius 2 is 1.96 bits per heavy atom. The SMILES string of the molecule is CNC(=O)c1ccc(CN(C)C(=O)CSCc2cccs2)cc1. The van der Waals surface area contributed by atoms with Crippen molar-refractivity contribution >= 4 is 34.9 Å². The summed E-state index contributed by atoms with van der Waals surface area (Å²) >= 11 is 3.35. The summed E-state index contributed by atoms with van der Waals surface area (Å²) < 4.78 is 0. The van der Waals surface area contributed by atoms with Gasteiger partial charge in [-0.2, -0.15) is 0 Å². The molecule has 122 valence electrons. The normalized spacial score (nSPS) is 10.3. The fourth-order valence-corrected chi connectivity index (χ4v) is 3.82. The van der Waals surface area contributed by atoms with Crippen LogP contribution in [0.1, 0.15) is 20.8 Å². The molecule has 1 N–H and O–H groups in total. The summed E-state index contributed by atoms with van der Waals surface area (Å²) in [5.41, 5.74) is 1.63. The summed E-state index contributed by atoms with van der Waals surface area (Å²) in [5, 5.41) is 4.64. The van der Waals surface area contributed by atoms with Gasteiger partial charge in [0.2, 0.25) is 5.91 Å². The minimum absolute atomic E-state index is 0.106. The Hall–Kier alpha value is -1.79. The monoisotopic (exact) mass is 348 g/mol. The van der Waals surface area contributed by atoms with Crippen LogP contribution in [-0.4, -0.2) is 36.6 Å². The summed E-state index contributed by atoms with van der Waals surface area (Å²) in [6.07, 6.45) is 0. The molecule has 0 fully saturated rings. The first-order valence-electron chi connectivity index (χ1n) is 7.25. The first-order valence-corrected chi connectivity index (χ1v) is 9.28. The van der Waals surface area contributed by atoms with E-state index in [0.29, 0.717) is 17.9 Å². The molecule has 2 amide bonds. The molecule has 0 spiro atoms. The lowest BCUT2D eigenvalue weighted by atomic mass is 10.1. The molecular weight excluding hydrogens is 328 g/mol. The van der Waals surface area contributed by atoms with E-state index < -0.39 is 0 Å². The second-order valence-electron chi connectivity index (χ2n) is 5.10. The number of amides is 2. The predicted octanol–water partition coefficient (Wildman–Crippen LogP) is 3.00. The fraction of sp³-hybridized carbons (Fsp3) is 0.294. The van der Waals surface area contributed by atoms with Crippen LogP contribution in [0, 0.1) is 0 Å². The van der Waals surface area contributed by atoms with E-state index >= 15 is 0 Å². The van der Waals surface area contributed by atoms with Gasteiger partial charge in [0.15, 0.2) is 0 Å². The van der Waals surface area contributed by atoms with Gasteiger partial charge in [0.1, 0.15) is 0 Å². The number of hydrogen-bond donors (Lipinski definition) is 1. The van der Waals surface area contributed by atoms with Crippen LogP contribution in [0.5, 0.6) is 0 Å². The third-order valence-electron chi connectivity index (χ3n) is 3.34. The van der Waals surface area contributed by atoms with Crippen molar-refractivity contribution in [1.29, 1.82) is 0 Å². The smallest absolute Gasteiger partial charge is 0.251 e. The lowest BCUT2D eigenvalue weighted by Crippen LogP contribution is -2.27. The van der Waals surface area contributed by atoms with Crippen molar-refractivity contribution in [2.75, 3.05) is 19.8 Å². The van der Waals surface area contributed by atoms with Crippen LogP contribution < -0.4 is 5.32 Å². The van der Waals surface area contributed by atoms with Crippen LogP contribution in [0.2, 0.25) is 0 Å². The molecule has 2 aromatic rings. The van der Waals surface area contributed by atoms with Crippen molar-refractivity contribution in [3.63, 3.8) is 0 Å². The number of rotatable bonds is 7. The minimum Gasteiger partial charge on any atom is -0.355 e. The highest BCUT2D eigenvalue weighted by Crippen LogP contribution is 2.17. The second-order valence-corrected chi connectivity index (χ2v) is 7.12. The van der Waals surface area contributed by atoms with Gasteiger partial charge in [-0.15, -0.1) is 23.1 Å². The largest absolute Gasteiger partial charge is 0.355 e. The van der Waals surface area contributed by atoms with Gasteiger partial charge in [0, 0.05) is 36.8 Å². The van der Waals surface area contributed by atoms with Gasteiger partial charge in [0.05, 0.1) is 5.75 Å². The first-order chi connectivity index (χ1) is 11.1. The van der Waals surface area contributed by atoms with Gasteiger partial charge >= 0.3 is 0 Å². The Labute approximate surface area is 144 Å². The maximum atomic E-state index is 12.1. The molecule has 0 radical (unpaired) electrons. The summed E-state index contributed by atoms with van der Waals surface area (Å²) in [6.45, 7) is 0.548. The van der Waals surface area contributed by atoms with E-state index in [2.05, 4.69) is 11.4 Å². The van der Waals surface area contributed by atoms with Crippen LogP contribution >= 0.6 is 23.1 Å². The third-order valence-corrected chi connectivity index (χ3v) is 5.36. The molecule has 0 bridgehead atoms.